The quantitative estimate of drug-likeness (QED) is 0.147. The molecule has 0 fully saturated rings. The summed E-state index contributed by atoms with van der Waals surface area (Å²) >= 11 is 0. The Hall–Kier alpha value is -1.63. The Morgan fingerprint density at radius 1 is 0.656 bits per heavy atom. The second-order valence-electron chi connectivity index (χ2n) is 8.41. The second kappa shape index (κ2) is 21.2. The topological polar surface area (TPSA) is 99.1 Å². The van der Waals surface area contributed by atoms with E-state index in [1.54, 1.807) is 6.92 Å². The van der Waals surface area contributed by atoms with Crippen molar-refractivity contribution in [2.45, 2.75) is 104 Å². The summed E-state index contributed by atoms with van der Waals surface area (Å²) in [5, 5.41) is 8.86. The molecule has 0 heterocycles. The molecule has 7 nitrogen and oxygen atoms in total. The van der Waals surface area contributed by atoms with E-state index >= 15 is 0 Å². The van der Waals surface area contributed by atoms with Crippen molar-refractivity contribution in [2.75, 3.05) is 26.4 Å². The molecule has 0 saturated carbocycles. The number of hydrogen-bond acceptors (Lipinski definition) is 7. The highest BCUT2D eigenvalue weighted by atomic mass is 16.5. The molecule has 1 N–H and O–H groups in total. The highest BCUT2D eigenvalue weighted by molar-refractivity contribution is 5.85. The zero-order valence-electron chi connectivity index (χ0n) is 20.6. The molecule has 0 aliphatic rings. The molecule has 2 unspecified atom stereocenters. The Labute approximate surface area is 194 Å². The van der Waals surface area contributed by atoms with Gasteiger partial charge in [0.25, 0.3) is 0 Å². The molecular weight excluding hydrogens is 412 g/mol. The molecule has 0 aliphatic heterocycles. The smallest absolute Gasteiger partial charge is 0.310 e. The van der Waals surface area contributed by atoms with Crippen LogP contribution in [0.15, 0.2) is 0 Å². The van der Waals surface area contributed by atoms with E-state index in [1.807, 2.05) is 0 Å². The lowest BCUT2D eigenvalue weighted by Crippen LogP contribution is -2.33. The Morgan fingerprint density at radius 2 is 1.12 bits per heavy atom. The predicted molar refractivity (Wildman–Crippen MR) is 124 cm³/mol. The average molecular weight is 459 g/mol. The van der Waals surface area contributed by atoms with Crippen molar-refractivity contribution in [3.8, 4) is 0 Å². The minimum Gasteiger partial charge on any atom is -0.466 e. The standard InChI is InChI=1S/C25H46O7/c1-4-6-8-10-13-17-30-23(27)20-22(25(29)32-19-15-12-16-26)21(3)24(28)31-18-14-11-9-7-5-2/h21-22,26H,4-20H2,1-3H3. The minimum atomic E-state index is -0.940. The van der Waals surface area contributed by atoms with Crippen molar-refractivity contribution in [1.82, 2.24) is 0 Å². The number of ether oxygens (including phenoxy) is 3. The summed E-state index contributed by atoms with van der Waals surface area (Å²) in [6, 6.07) is 0. The lowest BCUT2D eigenvalue weighted by atomic mass is 9.91. The lowest BCUT2D eigenvalue weighted by molar-refractivity contribution is -0.164. The molecule has 7 heteroatoms. The molecule has 0 spiro atoms. The third-order valence-corrected chi connectivity index (χ3v) is 5.46. The van der Waals surface area contributed by atoms with E-state index in [0.717, 1.165) is 64.2 Å². The first-order valence-corrected chi connectivity index (χ1v) is 12.6. The second-order valence-corrected chi connectivity index (χ2v) is 8.41. The zero-order chi connectivity index (χ0) is 24.0. The van der Waals surface area contributed by atoms with Gasteiger partial charge in [0.2, 0.25) is 0 Å². The summed E-state index contributed by atoms with van der Waals surface area (Å²) in [7, 11) is 0. The van der Waals surface area contributed by atoms with Crippen LogP contribution in [-0.4, -0.2) is 49.4 Å². The van der Waals surface area contributed by atoms with Crippen LogP contribution in [0.5, 0.6) is 0 Å². The highest BCUT2D eigenvalue weighted by Crippen LogP contribution is 2.21. The van der Waals surface area contributed by atoms with Gasteiger partial charge >= 0.3 is 17.9 Å². The molecule has 0 aromatic rings. The van der Waals surface area contributed by atoms with E-state index in [-0.39, 0.29) is 19.6 Å². The fraction of sp³-hybridized carbons (Fsp3) is 0.880. The van der Waals surface area contributed by atoms with Crippen LogP contribution in [0, 0.1) is 11.8 Å². The monoisotopic (exact) mass is 458 g/mol. The van der Waals surface area contributed by atoms with Gasteiger partial charge in [0.15, 0.2) is 0 Å². The van der Waals surface area contributed by atoms with Crippen LogP contribution < -0.4 is 0 Å². The number of carbonyl (C=O) groups excluding carboxylic acids is 3. The first-order chi connectivity index (χ1) is 15.5. The fourth-order valence-electron chi connectivity index (χ4n) is 3.26. The van der Waals surface area contributed by atoms with Gasteiger partial charge in [-0.15, -0.1) is 0 Å². The Bertz CT molecular complexity index is 493. The third kappa shape index (κ3) is 16.1. The van der Waals surface area contributed by atoms with Gasteiger partial charge in [0.1, 0.15) is 0 Å². The van der Waals surface area contributed by atoms with E-state index in [0.29, 0.717) is 26.1 Å². The molecule has 0 aromatic carbocycles. The Morgan fingerprint density at radius 3 is 1.66 bits per heavy atom. The van der Waals surface area contributed by atoms with Gasteiger partial charge in [-0.3, -0.25) is 14.4 Å². The maximum atomic E-state index is 12.6. The van der Waals surface area contributed by atoms with E-state index in [2.05, 4.69) is 13.8 Å². The van der Waals surface area contributed by atoms with Crippen LogP contribution in [0.25, 0.3) is 0 Å². The Kier molecular flexibility index (Phi) is 20.1. The van der Waals surface area contributed by atoms with Crippen LogP contribution >= 0.6 is 0 Å². The minimum absolute atomic E-state index is 0.0204. The first-order valence-electron chi connectivity index (χ1n) is 12.6. The number of carbonyl (C=O) groups is 3. The zero-order valence-corrected chi connectivity index (χ0v) is 20.6. The molecular formula is C25H46O7. The van der Waals surface area contributed by atoms with Crippen LogP contribution in [0.1, 0.15) is 104 Å². The van der Waals surface area contributed by atoms with Crippen molar-refractivity contribution in [3.05, 3.63) is 0 Å². The lowest BCUT2D eigenvalue weighted by Gasteiger charge is -2.21. The molecule has 0 aromatic heterocycles. The first kappa shape index (κ1) is 30.4. The largest absolute Gasteiger partial charge is 0.466 e. The SMILES string of the molecule is CCCCCCCOC(=O)CC(C(=O)OCCCCO)C(C)C(=O)OCCCCCCC. The molecule has 0 amide bonds. The summed E-state index contributed by atoms with van der Waals surface area (Å²) in [6.45, 7) is 6.67. The number of rotatable bonds is 21. The van der Waals surface area contributed by atoms with Crippen LogP contribution in [0.4, 0.5) is 0 Å². The average Bonchev–Trinajstić information content (AvgIpc) is 2.79. The van der Waals surface area contributed by atoms with Gasteiger partial charge in [-0.2, -0.15) is 0 Å². The predicted octanol–water partition coefficient (Wildman–Crippen LogP) is 4.97. The number of aliphatic hydroxyl groups excluding tert-OH is 1. The maximum Gasteiger partial charge on any atom is 0.310 e. The van der Waals surface area contributed by atoms with E-state index in [1.165, 1.54) is 0 Å². The molecule has 188 valence electrons. The fourth-order valence-corrected chi connectivity index (χ4v) is 3.26. The van der Waals surface area contributed by atoms with Crippen molar-refractivity contribution in [2.24, 2.45) is 11.8 Å². The summed E-state index contributed by atoms with van der Waals surface area (Å²) in [4.78, 5) is 37.4. The number of esters is 3. The normalized spacial score (nSPS) is 12.8. The van der Waals surface area contributed by atoms with Gasteiger partial charge in [0.05, 0.1) is 38.1 Å². The van der Waals surface area contributed by atoms with E-state index in [9.17, 15) is 14.4 Å². The summed E-state index contributed by atoms with van der Waals surface area (Å²) in [6.07, 6.45) is 11.2. The maximum absolute atomic E-state index is 12.6. The van der Waals surface area contributed by atoms with E-state index < -0.39 is 29.7 Å². The number of hydrogen-bond donors (Lipinski definition) is 1. The van der Waals surface area contributed by atoms with E-state index in [4.69, 9.17) is 19.3 Å². The van der Waals surface area contributed by atoms with Crippen LogP contribution in [0.2, 0.25) is 0 Å². The van der Waals surface area contributed by atoms with Crippen molar-refractivity contribution < 1.29 is 33.7 Å². The van der Waals surface area contributed by atoms with Gasteiger partial charge in [0, 0.05) is 6.61 Å². The van der Waals surface area contributed by atoms with Gasteiger partial charge in [-0.1, -0.05) is 72.1 Å². The summed E-state index contributed by atoms with van der Waals surface area (Å²) < 4.78 is 15.9. The molecule has 0 saturated heterocycles. The molecule has 32 heavy (non-hydrogen) atoms. The summed E-state index contributed by atoms with van der Waals surface area (Å²) in [5.74, 6) is -3.34. The molecule has 0 bridgehead atoms. The van der Waals surface area contributed by atoms with Gasteiger partial charge in [-0.05, 0) is 25.7 Å². The molecule has 2 atom stereocenters. The van der Waals surface area contributed by atoms with Crippen LogP contribution in [-0.2, 0) is 28.6 Å². The van der Waals surface area contributed by atoms with Crippen molar-refractivity contribution in [1.29, 1.82) is 0 Å². The van der Waals surface area contributed by atoms with Gasteiger partial charge in [-0.25, -0.2) is 0 Å². The van der Waals surface area contributed by atoms with Crippen molar-refractivity contribution in [3.63, 3.8) is 0 Å². The Balaban J connectivity index is 4.64. The highest BCUT2D eigenvalue weighted by Gasteiger charge is 2.35. The van der Waals surface area contributed by atoms with Crippen molar-refractivity contribution >= 4 is 17.9 Å². The summed E-state index contributed by atoms with van der Waals surface area (Å²) in [5.41, 5.74) is 0. The van der Waals surface area contributed by atoms with Gasteiger partial charge < -0.3 is 19.3 Å². The number of unbranched alkanes of at least 4 members (excludes halogenated alkanes) is 9. The number of aliphatic hydroxyl groups is 1. The third-order valence-electron chi connectivity index (χ3n) is 5.46. The molecule has 0 radical (unpaired) electrons. The van der Waals surface area contributed by atoms with Crippen LogP contribution in [0.3, 0.4) is 0 Å². The molecule has 0 aliphatic carbocycles. The molecule has 0 rings (SSSR count).